The Morgan fingerprint density at radius 3 is 2.55 bits per heavy atom. The van der Waals surface area contributed by atoms with Crippen LogP contribution in [0.25, 0.3) is 5.69 Å². The van der Waals surface area contributed by atoms with Crippen molar-refractivity contribution in [3.63, 3.8) is 0 Å². The molecule has 1 heterocycles. The molecule has 20 heavy (non-hydrogen) atoms. The van der Waals surface area contributed by atoms with Gasteiger partial charge in [0.1, 0.15) is 5.03 Å². The van der Waals surface area contributed by atoms with E-state index in [9.17, 15) is 0 Å². The molecule has 4 heteroatoms. The summed E-state index contributed by atoms with van der Waals surface area (Å²) in [6, 6.07) is 10.5. The van der Waals surface area contributed by atoms with E-state index in [0.29, 0.717) is 0 Å². The highest BCUT2D eigenvalue weighted by molar-refractivity contribution is 7.99. The van der Waals surface area contributed by atoms with Crippen molar-refractivity contribution in [3.05, 3.63) is 41.6 Å². The van der Waals surface area contributed by atoms with Crippen molar-refractivity contribution < 1.29 is 0 Å². The summed E-state index contributed by atoms with van der Waals surface area (Å²) in [6.45, 7) is 6.39. The lowest BCUT2D eigenvalue weighted by molar-refractivity contribution is 0.637. The lowest BCUT2D eigenvalue weighted by Crippen LogP contribution is -2.22. The molecule has 1 aromatic carbocycles. The van der Waals surface area contributed by atoms with E-state index in [-0.39, 0.29) is 6.04 Å². The minimum absolute atomic E-state index is 0.207. The fourth-order valence-corrected chi connectivity index (χ4v) is 3.16. The standard InChI is InChI=1S/C16H23N3S/c1-4-13(17)11-15-12(3)18-19(16(15)20-5-2)14-9-7-6-8-10-14/h6-10,13H,4-5,11,17H2,1-3H3. The SMILES string of the molecule is CCSc1c(CC(N)CC)c(C)nn1-c1ccccc1. The molecule has 1 aromatic heterocycles. The number of aryl methyl sites for hydroxylation is 1. The molecule has 1 unspecified atom stereocenters. The third kappa shape index (κ3) is 3.25. The molecule has 2 aromatic rings. The van der Waals surface area contributed by atoms with Crippen LogP contribution < -0.4 is 5.73 Å². The Bertz CT molecular complexity index is 548. The van der Waals surface area contributed by atoms with Gasteiger partial charge in [-0.15, -0.1) is 11.8 Å². The molecule has 108 valence electrons. The van der Waals surface area contributed by atoms with Crippen molar-refractivity contribution in [1.29, 1.82) is 0 Å². The zero-order valence-corrected chi connectivity index (χ0v) is 13.3. The molecule has 2 N–H and O–H groups in total. The zero-order chi connectivity index (χ0) is 14.5. The van der Waals surface area contributed by atoms with Crippen molar-refractivity contribution in [2.24, 2.45) is 5.73 Å². The number of aromatic nitrogens is 2. The lowest BCUT2D eigenvalue weighted by Gasteiger charge is -2.11. The van der Waals surface area contributed by atoms with Crippen molar-refractivity contribution >= 4 is 11.8 Å². The molecular formula is C16H23N3S. The predicted molar refractivity (Wildman–Crippen MR) is 86.7 cm³/mol. The highest BCUT2D eigenvalue weighted by atomic mass is 32.2. The smallest absolute Gasteiger partial charge is 0.103 e. The Morgan fingerprint density at radius 1 is 1.25 bits per heavy atom. The second-order valence-electron chi connectivity index (χ2n) is 4.92. The monoisotopic (exact) mass is 289 g/mol. The van der Waals surface area contributed by atoms with Crippen LogP contribution in [0.4, 0.5) is 0 Å². The molecule has 0 aliphatic heterocycles. The fourth-order valence-electron chi connectivity index (χ4n) is 2.21. The molecule has 0 amide bonds. The van der Waals surface area contributed by atoms with Gasteiger partial charge in [0, 0.05) is 11.6 Å². The van der Waals surface area contributed by atoms with Crippen molar-refractivity contribution in [2.75, 3.05) is 5.75 Å². The Hall–Kier alpha value is -1.26. The maximum Gasteiger partial charge on any atom is 0.103 e. The number of benzene rings is 1. The number of thioether (sulfide) groups is 1. The quantitative estimate of drug-likeness (QED) is 0.827. The van der Waals surface area contributed by atoms with Crippen LogP contribution >= 0.6 is 11.8 Å². The van der Waals surface area contributed by atoms with Gasteiger partial charge in [-0.3, -0.25) is 0 Å². The molecule has 0 fully saturated rings. The highest BCUT2D eigenvalue weighted by Crippen LogP contribution is 2.29. The first-order valence-electron chi connectivity index (χ1n) is 7.19. The summed E-state index contributed by atoms with van der Waals surface area (Å²) >= 11 is 1.84. The molecule has 0 aliphatic rings. The second-order valence-corrected chi connectivity index (χ2v) is 6.17. The molecule has 0 spiro atoms. The van der Waals surface area contributed by atoms with Gasteiger partial charge in [-0.05, 0) is 37.7 Å². The Balaban J connectivity index is 2.45. The van der Waals surface area contributed by atoms with Gasteiger partial charge in [0.25, 0.3) is 0 Å². The van der Waals surface area contributed by atoms with E-state index in [1.165, 1.54) is 10.6 Å². The van der Waals surface area contributed by atoms with E-state index in [0.717, 1.165) is 30.0 Å². The molecule has 0 bridgehead atoms. The van der Waals surface area contributed by atoms with Gasteiger partial charge in [0.05, 0.1) is 11.4 Å². The second kappa shape index (κ2) is 6.95. The summed E-state index contributed by atoms with van der Waals surface area (Å²) in [5.41, 5.74) is 9.65. The Labute approximate surface area is 125 Å². The van der Waals surface area contributed by atoms with Crippen LogP contribution in [0.15, 0.2) is 35.4 Å². The number of hydrogen-bond donors (Lipinski definition) is 1. The largest absolute Gasteiger partial charge is 0.327 e. The zero-order valence-electron chi connectivity index (χ0n) is 12.5. The third-order valence-corrected chi connectivity index (χ3v) is 4.39. The van der Waals surface area contributed by atoms with Crippen LogP contribution in [-0.2, 0) is 6.42 Å². The normalized spacial score (nSPS) is 12.6. The molecule has 1 atom stereocenters. The van der Waals surface area contributed by atoms with Gasteiger partial charge < -0.3 is 5.73 Å². The summed E-state index contributed by atoms with van der Waals surface area (Å²) in [5.74, 6) is 1.03. The first-order valence-corrected chi connectivity index (χ1v) is 8.18. The maximum atomic E-state index is 6.14. The van der Waals surface area contributed by atoms with Gasteiger partial charge in [0.2, 0.25) is 0 Å². The molecule has 0 aliphatic carbocycles. The highest BCUT2D eigenvalue weighted by Gasteiger charge is 2.18. The first-order chi connectivity index (χ1) is 9.67. The van der Waals surface area contributed by atoms with Crippen LogP contribution in [0.5, 0.6) is 0 Å². The van der Waals surface area contributed by atoms with Gasteiger partial charge in [-0.25, -0.2) is 4.68 Å². The maximum absolute atomic E-state index is 6.14. The van der Waals surface area contributed by atoms with E-state index in [1.54, 1.807) is 0 Å². The van der Waals surface area contributed by atoms with E-state index >= 15 is 0 Å². The topological polar surface area (TPSA) is 43.8 Å². The van der Waals surface area contributed by atoms with Crippen LogP contribution in [0.2, 0.25) is 0 Å². The minimum atomic E-state index is 0.207. The average Bonchev–Trinajstić information content (AvgIpc) is 2.77. The fraction of sp³-hybridized carbons (Fsp3) is 0.438. The number of nitrogens with two attached hydrogens (primary N) is 1. The van der Waals surface area contributed by atoms with Crippen LogP contribution in [0.3, 0.4) is 0 Å². The Morgan fingerprint density at radius 2 is 1.95 bits per heavy atom. The molecule has 0 radical (unpaired) electrons. The number of hydrogen-bond acceptors (Lipinski definition) is 3. The molecule has 0 saturated carbocycles. The molecule has 3 nitrogen and oxygen atoms in total. The number of rotatable bonds is 6. The minimum Gasteiger partial charge on any atom is -0.327 e. The lowest BCUT2D eigenvalue weighted by atomic mass is 10.1. The first kappa shape index (κ1) is 15.1. The van der Waals surface area contributed by atoms with Crippen molar-refractivity contribution in [3.8, 4) is 5.69 Å². The molecular weight excluding hydrogens is 266 g/mol. The van der Waals surface area contributed by atoms with E-state index in [4.69, 9.17) is 10.8 Å². The predicted octanol–water partition coefficient (Wildman–Crippen LogP) is 3.57. The van der Waals surface area contributed by atoms with Gasteiger partial charge in [-0.1, -0.05) is 32.0 Å². The summed E-state index contributed by atoms with van der Waals surface area (Å²) in [4.78, 5) is 0. The molecule has 0 saturated heterocycles. The van der Waals surface area contributed by atoms with Crippen LogP contribution in [-0.4, -0.2) is 21.6 Å². The summed E-state index contributed by atoms with van der Waals surface area (Å²) in [5, 5.41) is 5.96. The Kier molecular flexibility index (Phi) is 5.26. The van der Waals surface area contributed by atoms with E-state index in [1.807, 2.05) is 30.0 Å². The molecule has 2 rings (SSSR count). The van der Waals surface area contributed by atoms with Crippen molar-refractivity contribution in [2.45, 2.75) is 44.7 Å². The van der Waals surface area contributed by atoms with E-state index in [2.05, 4.69) is 37.6 Å². The summed E-state index contributed by atoms with van der Waals surface area (Å²) in [6.07, 6.45) is 1.89. The number of nitrogens with zero attached hydrogens (tertiary/aromatic N) is 2. The average molecular weight is 289 g/mol. The number of para-hydroxylation sites is 1. The van der Waals surface area contributed by atoms with E-state index < -0.39 is 0 Å². The van der Waals surface area contributed by atoms with Crippen molar-refractivity contribution in [1.82, 2.24) is 9.78 Å². The van der Waals surface area contributed by atoms with Gasteiger partial charge in [-0.2, -0.15) is 5.10 Å². The summed E-state index contributed by atoms with van der Waals surface area (Å²) in [7, 11) is 0. The third-order valence-electron chi connectivity index (χ3n) is 3.41. The summed E-state index contributed by atoms with van der Waals surface area (Å²) < 4.78 is 2.06. The van der Waals surface area contributed by atoms with Crippen LogP contribution in [0.1, 0.15) is 31.5 Å². The van der Waals surface area contributed by atoms with Crippen LogP contribution in [0, 0.1) is 6.92 Å². The van der Waals surface area contributed by atoms with Gasteiger partial charge >= 0.3 is 0 Å². The van der Waals surface area contributed by atoms with Gasteiger partial charge in [0.15, 0.2) is 0 Å².